The van der Waals surface area contributed by atoms with Gasteiger partial charge in [0.2, 0.25) is 0 Å². The van der Waals surface area contributed by atoms with Crippen LogP contribution in [0.3, 0.4) is 0 Å². The number of nitrogens with one attached hydrogen (secondary N) is 2. The molecule has 0 atom stereocenters. The summed E-state index contributed by atoms with van der Waals surface area (Å²) in [6, 6.07) is 18.3. The number of pyridine rings is 1. The first-order valence-electron chi connectivity index (χ1n) is 9.55. The third-order valence-electron chi connectivity index (χ3n) is 5.06. The number of amides is 1. The summed E-state index contributed by atoms with van der Waals surface area (Å²) in [5.74, 6) is -0.0492. The van der Waals surface area contributed by atoms with Gasteiger partial charge in [-0.05, 0) is 47.9 Å². The van der Waals surface area contributed by atoms with Crippen molar-refractivity contribution < 1.29 is 4.79 Å². The van der Waals surface area contributed by atoms with E-state index in [-0.39, 0.29) is 5.91 Å². The highest BCUT2D eigenvalue weighted by Crippen LogP contribution is 2.28. The molecule has 1 aliphatic rings. The first kappa shape index (κ1) is 18.0. The van der Waals surface area contributed by atoms with E-state index in [1.54, 1.807) is 6.20 Å². The molecule has 0 unspecified atom stereocenters. The molecule has 0 bridgehead atoms. The van der Waals surface area contributed by atoms with Gasteiger partial charge in [0, 0.05) is 55.5 Å². The zero-order valence-electron chi connectivity index (χ0n) is 16.0. The van der Waals surface area contributed by atoms with Crippen LogP contribution >= 0.6 is 0 Å². The van der Waals surface area contributed by atoms with Gasteiger partial charge in [0.05, 0.1) is 0 Å². The average molecular weight is 372 g/mol. The van der Waals surface area contributed by atoms with Crippen molar-refractivity contribution in [2.24, 2.45) is 0 Å². The fourth-order valence-corrected chi connectivity index (χ4v) is 3.51. The van der Waals surface area contributed by atoms with Crippen molar-refractivity contribution in [1.29, 1.82) is 0 Å². The van der Waals surface area contributed by atoms with E-state index in [9.17, 15) is 4.79 Å². The lowest BCUT2D eigenvalue weighted by Crippen LogP contribution is -2.29. The van der Waals surface area contributed by atoms with Crippen LogP contribution in [0.2, 0.25) is 0 Å². The number of carbonyl (C=O) groups excluding carboxylic acids is 1. The number of aromatic nitrogens is 1. The number of fused-ring (bicyclic) bond motifs is 1. The van der Waals surface area contributed by atoms with Crippen molar-refractivity contribution in [3.63, 3.8) is 0 Å². The Morgan fingerprint density at radius 2 is 1.82 bits per heavy atom. The zero-order chi connectivity index (χ0) is 19.3. The maximum absolute atomic E-state index is 12.5. The number of carbonyl (C=O) groups is 1. The summed E-state index contributed by atoms with van der Waals surface area (Å²) in [6.45, 7) is 5.00. The van der Waals surface area contributed by atoms with Crippen LogP contribution in [0.15, 0.2) is 67.0 Å². The molecule has 3 aromatic rings. The molecular weight excluding hydrogens is 348 g/mol. The van der Waals surface area contributed by atoms with Crippen molar-refractivity contribution in [3.05, 3.63) is 89.2 Å². The van der Waals surface area contributed by atoms with E-state index < -0.39 is 0 Å². The number of aryl methyl sites for hydroxylation is 1. The maximum Gasteiger partial charge on any atom is 0.251 e. The van der Waals surface area contributed by atoms with Gasteiger partial charge in [-0.15, -0.1) is 0 Å². The van der Waals surface area contributed by atoms with Crippen molar-refractivity contribution in [3.8, 4) is 0 Å². The molecule has 0 saturated carbocycles. The normalized spacial score (nSPS) is 12.5. The van der Waals surface area contributed by atoms with Crippen LogP contribution in [0.5, 0.6) is 0 Å². The summed E-state index contributed by atoms with van der Waals surface area (Å²) in [5.41, 5.74) is 6.61. The number of benzene rings is 2. The summed E-state index contributed by atoms with van der Waals surface area (Å²) >= 11 is 0. The van der Waals surface area contributed by atoms with Crippen LogP contribution in [0.1, 0.15) is 27.0 Å². The smallest absolute Gasteiger partial charge is 0.251 e. The lowest BCUT2D eigenvalue weighted by atomic mass is 10.1. The molecule has 142 valence electrons. The highest BCUT2D eigenvalue weighted by atomic mass is 16.1. The van der Waals surface area contributed by atoms with Gasteiger partial charge in [0.1, 0.15) is 0 Å². The quantitative estimate of drug-likeness (QED) is 0.647. The summed E-state index contributed by atoms with van der Waals surface area (Å²) in [6.07, 6.45) is 3.58. The molecule has 0 fully saturated rings. The monoisotopic (exact) mass is 372 g/mol. The topological polar surface area (TPSA) is 57.3 Å². The predicted molar refractivity (Wildman–Crippen MR) is 113 cm³/mol. The summed E-state index contributed by atoms with van der Waals surface area (Å²) in [5, 5.41) is 6.31. The minimum absolute atomic E-state index is 0.0492. The van der Waals surface area contributed by atoms with Gasteiger partial charge < -0.3 is 15.5 Å². The van der Waals surface area contributed by atoms with E-state index in [1.807, 2.05) is 37.4 Å². The van der Waals surface area contributed by atoms with Crippen LogP contribution in [-0.4, -0.2) is 24.0 Å². The summed E-state index contributed by atoms with van der Waals surface area (Å²) in [7, 11) is 0. The molecule has 0 saturated heterocycles. The molecule has 5 heteroatoms. The molecule has 2 heterocycles. The van der Waals surface area contributed by atoms with E-state index in [0.29, 0.717) is 18.7 Å². The first-order valence-corrected chi connectivity index (χ1v) is 9.55. The van der Waals surface area contributed by atoms with Crippen LogP contribution in [-0.2, 0) is 13.1 Å². The number of hydrogen-bond donors (Lipinski definition) is 2. The molecule has 0 aliphatic carbocycles. The third kappa shape index (κ3) is 3.98. The summed E-state index contributed by atoms with van der Waals surface area (Å²) in [4.78, 5) is 18.9. The fraction of sp³-hybridized carbons (Fsp3) is 0.217. The second-order valence-electron chi connectivity index (χ2n) is 7.05. The third-order valence-corrected chi connectivity index (χ3v) is 5.06. The molecule has 4 rings (SSSR count). The number of rotatable bonds is 6. The predicted octanol–water partition coefficient (Wildman–Crippen LogP) is 3.75. The molecule has 2 aromatic carbocycles. The Morgan fingerprint density at radius 3 is 2.57 bits per heavy atom. The lowest BCUT2D eigenvalue weighted by molar-refractivity contribution is 0.0955. The van der Waals surface area contributed by atoms with Gasteiger partial charge in [-0.25, -0.2) is 0 Å². The number of nitrogens with zero attached hydrogens (tertiary/aromatic N) is 2. The standard InChI is InChI=1S/C23H24N4O/c1-17-14-24-10-9-22(17)25-11-12-26-23(28)18-7-4-8-21(13-18)27-15-19-5-2-3-6-20(19)16-27/h2-10,13-14H,11-12,15-16H2,1H3,(H,24,25)(H,26,28). The van der Waals surface area contributed by atoms with E-state index >= 15 is 0 Å². The molecule has 1 amide bonds. The average Bonchev–Trinajstić information content (AvgIpc) is 3.17. The lowest BCUT2D eigenvalue weighted by Gasteiger charge is -2.18. The van der Waals surface area contributed by atoms with Crippen molar-refractivity contribution in [2.45, 2.75) is 20.0 Å². The van der Waals surface area contributed by atoms with Crippen molar-refractivity contribution in [2.75, 3.05) is 23.3 Å². The van der Waals surface area contributed by atoms with Crippen molar-refractivity contribution >= 4 is 17.3 Å². The van der Waals surface area contributed by atoms with E-state index in [1.165, 1.54) is 11.1 Å². The Hall–Kier alpha value is -3.34. The van der Waals surface area contributed by atoms with Gasteiger partial charge in [0.25, 0.3) is 5.91 Å². The van der Waals surface area contributed by atoms with E-state index in [4.69, 9.17) is 0 Å². The largest absolute Gasteiger partial charge is 0.383 e. The van der Waals surface area contributed by atoms with Crippen molar-refractivity contribution in [1.82, 2.24) is 10.3 Å². The number of hydrogen-bond acceptors (Lipinski definition) is 4. The molecule has 5 nitrogen and oxygen atoms in total. The zero-order valence-corrected chi connectivity index (χ0v) is 16.0. The van der Waals surface area contributed by atoms with Gasteiger partial charge in [0.15, 0.2) is 0 Å². The van der Waals surface area contributed by atoms with Crippen LogP contribution in [0.4, 0.5) is 11.4 Å². The highest BCUT2D eigenvalue weighted by Gasteiger charge is 2.19. The SMILES string of the molecule is Cc1cnccc1NCCNC(=O)c1cccc(N2Cc3ccccc3C2)c1. The minimum Gasteiger partial charge on any atom is -0.383 e. The molecule has 1 aromatic heterocycles. The van der Waals surface area contributed by atoms with Crippen LogP contribution in [0, 0.1) is 6.92 Å². The van der Waals surface area contributed by atoms with Crippen LogP contribution < -0.4 is 15.5 Å². The van der Waals surface area contributed by atoms with E-state index in [2.05, 4.69) is 50.8 Å². The molecule has 2 N–H and O–H groups in total. The summed E-state index contributed by atoms with van der Waals surface area (Å²) < 4.78 is 0. The Balaban J connectivity index is 1.33. The van der Waals surface area contributed by atoms with Crippen LogP contribution in [0.25, 0.3) is 0 Å². The second-order valence-corrected chi connectivity index (χ2v) is 7.05. The number of anilines is 2. The van der Waals surface area contributed by atoms with E-state index in [0.717, 1.165) is 30.0 Å². The van der Waals surface area contributed by atoms with Gasteiger partial charge in [-0.3, -0.25) is 9.78 Å². The maximum atomic E-state index is 12.5. The Kier molecular flexibility index (Phi) is 5.24. The molecule has 28 heavy (non-hydrogen) atoms. The van der Waals surface area contributed by atoms with Gasteiger partial charge >= 0.3 is 0 Å². The Morgan fingerprint density at radius 1 is 1.04 bits per heavy atom. The molecular formula is C23H24N4O. The molecule has 0 spiro atoms. The minimum atomic E-state index is -0.0492. The first-order chi connectivity index (χ1) is 13.7. The van der Waals surface area contributed by atoms with Gasteiger partial charge in [-0.1, -0.05) is 30.3 Å². The highest BCUT2D eigenvalue weighted by molar-refractivity contribution is 5.95. The fourth-order valence-electron chi connectivity index (χ4n) is 3.51. The second kappa shape index (κ2) is 8.13. The van der Waals surface area contributed by atoms with Gasteiger partial charge in [-0.2, -0.15) is 0 Å². The molecule has 0 radical (unpaired) electrons. The molecule has 1 aliphatic heterocycles. The Bertz CT molecular complexity index is 961. The Labute approximate surface area is 165 Å².